The highest BCUT2D eigenvalue weighted by atomic mass is 16.4. The summed E-state index contributed by atoms with van der Waals surface area (Å²) in [5, 5.41) is 9.06. The van der Waals surface area contributed by atoms with Gasteiger partial charge in [-0.25, -0.2) is 4.79 Å². The number of nitrogens with zero attached hydrogens (tertiary/aromatic N) is 1. The molecule has 84 valence electrons. The number of aromatic nitrogens is 1. The predicted molar refractivity (Wildman–Crippen MR) is 60.2 cm³/mol. The van der Waals surface area contributed by atoms with E-state index >= 15 is 0 Å². The first-order valence-electron chi connectivity index (χ1n) is 5.45. The summed E-state index contributed by atoms with van der Waals surface area (Å²) in [6.45, 7) is 6.94. The fourth-order valence-corrected chi connectivity index (χ4v) is 1.95. The van der Waals surface area contributed by atoms with Crippen LogP contribution in [0.1, 0.15) is 42.7 Å². The molecule has 1 aromatic rings. The van der Waals surface area contributed by atoms with Gasteiger partial charge in [0.2, 0.25) is 0 Å². The van der Waals surface area contributed by atoms with Crippen LogP contribution in [0.2, 0.25) is 0 Å². The average Bonchev–Trinajstić information content (AvgIpc) is 2.47. The Morgan fingerprint density at radius 2 is 2.27 bits per heavy atom. The number of hydrogen-bond acceptors (Lipinski definition) is 1. The molecule has 3 heteroatoms. The van der Waals surface area contributed by atoms with E-state index in [4.69, 9.17) is 5.11 Å². The Morgan fingerprint density at radius 3 is 2.80 bits per heavy atom. The van der Waals surface area contributed by atoms with Gasteiger partial charge in [0.25, 0.3) is 0 Å². The molecule has 0 amide bonds. The smallest absolute Gasteiger partial charge is 0.352 e. The number of carbonyl (C=O) groups is 1. The molecule has 1 rings (SSSR count). The van der Waals surface area contributed by atoms with Crippen LogP contribution in [0.25, 0.3) is 0 Å². The highest BCUT2D eigenvalue weighted by molar-refractivity contribution is 5.87. The molecule has 1 N–H and O–H groups in total. The lowest BCUT2D eigenvalue weighted by molar-refractivity contribution is 0.0683. The predicted octanol–water partition coefficient (Wildman–Crippen LogP) is 2.93. The van der Waals surface area contributed by atoms with E-state index < -0.39 is 5.97 Å². The summed E-state index contributed by atoms with van der Waals surface area (Å²) in [5.41, 5.74) is 1.27. The molecule has 0 saturated heterocycles. The van der Waals surface area contributed by atoms with Gasteiger partial charge < -0.3 is 9.67 Å². The van der Waals surface area contributed by atoms with E-state index in [2.05, 4.69) is 13.8 Å². The lowest BCUT2D eigenvalue weighted by atomic mass is 10.1. The SMILES string of the molecule is CCCC(C)Cn1ccc(C)c1C(=O)O. The third-order valence-electron chi connectivity index (χ3n) is 2.66. The lowest BCUT2D eigenvalue weighted by Crippen LogP contribution is -2.13. The molecule has 15 heavy (non-hydrogen) atoms. The maximum absolute atomic E-state index is 11.0. The van der Waals surface area contributed by atoms with Crippen molar-refractivity contribution in [2.75, 3.05) is 0 Å². The summed E-state index contributed by atoms with van der Waals surface area (Å²) in [6.07, 6.45) is 4.14. The van der Waals surface area contributed by atoms with E-state index in [1.165, 1.54) is 0 Å². The Bertz CT molecular complexity index is 341. The third-order valence-corrected chi connectivity index (χ3v) is 2.66. The molecular formula is C12H19NO2. The molecule has 0 radical (unpaired) electrons. The Hall–Kier alpha value is -1.25. The van der Waals surface area contributed by atoms with E-state index in [0.29, 0.717) is 11.6 Å². The first-order chi connectivity index (χ1) is 7.06. The standard InChI is InChI=1S/C12H19NO2/c1-4-5-9(2)8-13-7-6-10(3)11(13)12(14)15/h6-7,9H,4-5,8H2,1-3H3,(H,14,15). The second-order valence-electron chi connectivity index (χ2n) is 4.20. The molecule has 0 aliphatic heterocycles. The molecule has 1 atom stereocenters. The minimum absolute atomic E-state index is 0.429. The van der Waals surface area contributed by atoms with Crippen LogP contribution in [0.3, 0.4) is 0 Å². The van der Waals surface area contributed by atoms with Gasteiger partial charge in [-0.05, 0) is 30.9 Å². The maximum Gasteiger partial charge on any atom is 0.352 e. The molecule has 3 nitrogen and oxygen atoms in total. The van der Waals surface area contributed by atoms with Crippen LogP contribution < -0.4 is 0 Å². The van der Waals surface area contributed by atoms with Crippen LogP contribution in [0.15, 0.2) is 12.3 Å². The van der Waals surface area contributed by atoms with Gasteiger partial charge in [0.1, 0.15) is 5.69 Å². The molecule has 0 fully saturated rings. The van der Waals surface area contributed by atoms with E-state index in [0.717, 1.165) is 24.9 Å². The summed E-state index contributed by atoms with van der Waals surface area (Å²) in [4.78, 5) is 11.0. The molecule has 0 saturated carbocycles. The molecule has 0 aromatic carbocycles. The van der Waals surface area contributed by atoms with Crippen LogP contribution in [0.5, 0.6) is 0 Å². The molecule has 0 spiro atoms. The minimum atomic E-state index is -0.832. The van der Waals surface area contributed by atoms with E-state index in [1.807, 2.05) is 23.8 Å². The van der Waals surface area contributed by atoms with Crippen LogP contribution in [0, 0.1) is 12.8 Å². The van der Waals surface area contributed by atoms with Gasteiger partial charge in [0, 0.05) is 12.7 Å². The van der Waals surface area contributed by atoms with Gasteiger partial charge >= 0.3 is 5.97 Å². The zero-order valence-electron chi connectivity index (χ0n) is 9.66. The summed E-state index contributed by atoms with van der Waals surface area (Å²) in [5.74, 6) is -0.305. The van der Waals surface area contributed by atoms with E-state index in [-0.39, 0.29) is 0 Å². The molecule has 0 aliphatic carbocycles. The molecule has 0 bridgehead atoms. The van der Waals surface area contributed by atoms with Crippen molar-refractivity contribution in [2.45, 2.75) is 40.2 Å². The maximum atomic E-state index is 11.0. The van der Waals surface area contributed by atoms with Crippen molar-refractivity contribution >= 4 is 5.97 Å². The van der Waals surface area contributed by atoms with Crippen molar-refractivity contribution in [2.24, 2.45) is 5.92 Å². The normalized spacial score (nSPS) is 12.7. The fraction of sp³-hybridized carbons (Fsp3) is 0.583. The number of rotatable bonds is 5. The lowest BCUT2D eigenvalue weighted by Gasteiger charge is -2.13. The van der Waals surface area contributed by atoms with Crippen molar-refractivity contribution in [1.82, 2.24) is 4.57 Å². The number of aryl methyl sites for hydroxylation is 1. The Labute approximate surface area is 90.7 Å². The first-order valence-corrected chi connectivity index (χ1v) is 5.45. The van der Waals surface area contributed by atoms with Gasteiger partial charge in [-0.15, -0.1) is 0 Å². The van der Waals surface area contributed by atoms with Crippen LogP contribution >= 0.6 is 0 Å². The van der Waals surface area contributed by atoms with Gasteiger partial charge in [-0.1, -0.05) is 20.3 Å². The average molecular weight is 209 g/mol. The Balaban J connectivity index is 2.81. The highest BCUT2D eigenvalue weighted by Crippen LogP contribution is 2.14. The number of carboxylic acid groups (broad SMARTS) is 1. The van der Waals surface area contributed by atoms with Gasteiger partial charge in [-0.2, -0.15) is 0 Å². The minimum Gasteiger partial charge on any atom is -0.477 e. The summed E-state index contributed by atoms with van der Waals surface area (Å²) >= 11 is 0. The Morgan fingerprint density at radius 1 is 1.60 bits per heavy atom. The van der Waals surface area contributed by atoms with Crippen LogP contribution in [-0.4, -0.2) is 15.6 Å². The molecule has 1 heterocycles. The molecule has 1 unspecified atom stereocenters. The number of hydrogen-bond donors (Lipinski definition) is 1. The fourth-order valence-electron chi connectivity index (χ4n) is 1.95. The van der Waals surface area contributed by atoms with Crippen molar-refractivity contribution < 1.29 is 9.90 Å². The third kappa shape index (κ3) is 2.85. The second kappa shape index (κ2) is 5.01. The highest BCUT2D eigenvalue weighted by Gasteiger charge is 2.14. The largest absolute Gasteiger partial charge is 0.477 e. The van der Waals surface area contributed by atoms with Crippen molar-refractivity contribution in [3.05, 3.63) is 23.5 Å². The summed E-state index contributed by atoms with van der Waals surface area (Å²) < 4.78 is 1.85. The van der Waals surface area contributed by atoms with Gasteiger partial charge in [-0.3, -0.25) is 0 Å². The molecule has 0 aliphatic rings. The van der Waals surface area contributed by atoms with Crippen molar-refractivity contribution in [3.63, 3.8) is 0 Å². The van der Waals surface area contributed by atoms with E-state index in [1.54, 1.807) is 0 Å². The second-order valence-corrected chi connectivity index (χ2v) is 4.20. The van der Waals surface area contributed by atoms with Crippen molar-refractivity contribution in [3.8, 4) is 0 Å². The number of aromatic carboxylic acids is 1. The van der Waals surface area contributed by atoms with Crippen LogP contribution in [-0.2, 0) is 6.54 Å². The summed E-state index contributed by atoms with van der Waals surface area (Å²) in [7, 11) is 0. The molecule has 1 aromatic heterocycles. The van der Waals surface area contributed by atoms with Crippen molar-refractivity contribution in [1.29, 1.82) is 0 Å². The molecular weight excluding hydrogens is 190 g/mol. The zero-order chi connectivity index (χ0) is 11.4. The quantitative estimate of drug-likeness (QED) is 0.810. The number of carboxylic acids is 1. The van der Waals surface area contributed by atoms with Gasteiger partial charge in [0.05, 0.1) is 0 Å². The summed E-state index contributed by atoms with van der Waals surface area (Å²) in [6, 6.07) is 1.86. The van der Waals surface area contributed by atoms with E-state index in [9.17, 15) is 4.79 Å². The Kier molecular flexibility index (Phi) is 3.95. The first kappa shape index (κ1) is 11.8. The van der Waals surface area contributed by atoms with Crippen LogP contribution in [0.4, 0.5) is 0 Å². The van der Waals surface area contributed by atoms with Gasteiger partial charge in [0.15, 0.2) is 0 Å². The topological polar surface area (TPSA) is 42.2 Å². The monoisotopic (exact) mass is 209 g/mol. The zero-order valence-corrected chi connectivity index (χ0v) is 9.66.